The third-order valence-electron chi connectivity index (χ3n) is 5.56. The number of aromatic hydroxyl groups is 1. The molecule has 1 heterocycles. The van der Waals surface area contributed by atoms with Crippen molar-refractivity contribution in [2.75, 3.05) is 13.2 Å². The van der Waals surface area contributed by atoms with Crippen LogP contribution in [0.4, 0.5) is 0 Å². The van der Waals surface area contributed by atoms with Crippen LogP contribution in [0.15, 0.2) is 47.6 Å². The van der Waals surface area contributed by atoms with Crippen molar-refractivity contribution in [3.8, 4) is 11.5 Å². The van der Waals surface area contributed by atoms with Crippen LogP contribution in [0.1, 0.15) is 23.6 Å². The second kappa shape index (κ2) is 11.6. The number of likely N-dealkylation sites (tertiary alicyclic amines) is 1. The number of aliphatic carboxylic acids is 2. The van der Waals surface area contributed by atoms with Gasteiger partial charge in [-0.25, -0.2) is 4.79 Å². The minimum absolute atomic E-state index is 0.0439. The van der Waals surface area contributed by atoms with Gasteiger partial charge in [-0.3, -0.25) is 14.4 Å². The third kappa shape index (κ3) is 6.26. The largest absolute Gasteiger partial charge is 0.506 e. The fourth-order valence-electron chi connectivity index (χ4n) is 3.54. The van der Waals surface area contributed by atoms with Gasteiger partial charge in [-0.15, -0.1) is 0 Å². The van der Waals surface area contributed by atoms with Gasteiger partial charge in [-0.1, -0.05) is 22.8 Å². The molecule has 3 unspecified atom stereocenters. The first-order chi connectivity index (χ1) is 17.5. The lowest BCUT2D eigenvalue weighted by Gasteiger charge is -2.42. The number of halogens is 1. The number of benzene rings is 2. The number of rotatable bonds is 11. The summed E-state index contributed by atoms with van der Waals surface area (Å²) in [7, 11) is 0. The highest BCUT2D eigenvalue weighted by Crippen LogP contribution is 2.32. The Bertz CT molecular complexity index is 1240. The average molecular weight is 535 g/mol. The Morgan fingerprint density at radius 1 is 1.16 bits per heavy atom. The molecule has 0 saturated carbocycles. The number of nitrogens with two attached hydrogens (primary N) is 1. The van der Waals surface area contributed by atoms with Gasteiger partial charge in [0.2, 0.25) is 5.91 Å². The molecular weight excluding hydrogens is 512 g/mol. The summed E-state index contributed by atoms with van der Waals surface area (Å²) in [4.78, 5) is 48.9. The highest BCUT2D eigenvalue weighted by atomic mass is 35.5. The molecule has 13 nitrogen and oxygen atoms in total. The van der Waals surface area contributed by atoms with Gasteiger partial charge in [-0.05, 0) is 42.0 Å². The fourth-order valence-corrected chi connectivity index (χ4v) is 3.73. The summed E-state index contributed by atoms with van der Waals surface area (Å²) in [6.07, 6.45) is 0.0811. The number of β-lactam (4-membered cyclic amide) rings is 1. The molecule has 0 spiro atoms. The van der Waals surface area contributed by atoms with Gasteiger partial charge >= 0.3 is 11.9 Å². The summed E-state index contributed by atoms with van der Waals surface area (Å²) in [5.41, 5.74) is 5.37. The minimum Gasteiger partial charge on any atom is -0.506 e. The van der Waals surface area contributed by atoms with E-state index in [2.05, 4.69) is 10.5 Å². The second-order valence-corrected chi connectivity index (χ2v) is 8.43. The molecule has 14 heteroatoms. The first-order valence-corrected chi connectivity index (χ1v) is 11.2. The van der Waals surface area contributed by atoms with Crippen molar-refractivity contribution in [1.29, 1.82) is 0 Å². The molecule has 1 fully saturated rings. The highest BCUT2D eigenvalue weighted by Gasteiger charge is 2.45. The molecule has 37 heavy (non-hydrogen) atoms. The lowest BCUT2D eigenvalue weighted by Crippen LogP contribution is -2.66. The highest BCUT2D eigenvalue weighted by molar-refractivity contribution is 6.45. The van der Waals surface area contributed by atoms with Gasteiger partial charge in [0.25, 0.3) is 5.91 Å². The Morgan fingerprint density at radius 2 is 1.84 bits per heavy atom. The molecule has 2 aromatic carbocycles. The van der Waals surface area contributed by atoms with E-state index in [1.54, 1.807) is 0 Å². The molecular formula is C23H23ClN4O9. The standard InChI is InChI=1S/C23H23ClN4O9/c24-14-9-12(3-6-17(14)29)19(23(34)35)28-10-16(21(28)31)26-20(30)18(27-36)11-1-4-13(5-2-11)37-8-7-15(25)22(32)33/h1-6,9,15-16,19,29,36H,7-8,10,25H2,(H,26,30)(H,32,33)(H,34,35). The number of nitrogens with one attached hydrogen (secondary N) is 1. The number of nitrogens with zero attached hydrogens (tertiary/aromatic N) is 2. The Balaban J connectivity index is 1.60. The Hall–Kier alpha value is -4.36. The van der Waals surface area contributed by atoms with Crippen LogP contribution in [-0.4, -0.2) is 80.1 Å². The summed E-state index contributed by atoms with van der Waals surface area (Å²) in [6.45, 7) is -0.0910. The maximum Gasteiger partial charge on any atom is 0.331 e. The van der Waals surface area contributed by atoms with Crippen LogP contribution in [0.25, 0.3) is 0 Å². The van der Waals surface area contributed by atoms with Crippen molar-refractivity contribution < 1.29 is 44.4 Å². The van der Waals surface area contributed by atoms with Crippen LogP contribution >= 0.6 is 11.6 Å². The summed E-state index contributed by atoms with van der Waals surface area (Å²) < 4.78 is 5.40. The van der Waals surface area contributed by atoms with Crippen molar-refractivity contribution in [3.63, 3.8) is 0 Å². The van der Waals surface area contributed by atoms with Gasteiger partial charge < -0.3 is 41.2 Å². The van der Waals surface area contributed by atoms with Crippen LogP contribution in [-0.2, 0) is 19.2 Å². The molecule has 2 amide bonds. The molecule has 0 radical (unpaired) electrons. The van der Waals surface area contributed by atoms with Crippen molar-refractivity contribution in [2.45, 2.75) is 24.5 Å². The molecule has 1 aliphatic rings. The van der Waals surface area contributed by atoms with Crippen molar-refractivity contribution in [2.24, 2.45) is 10.9 Å². The molecule has 0 aliphatic carbocycles. The molecule has 0 bridgehead atoms. The topological polar surface area (TPSA) is 212 Å². The molecule has 1 aliphatic heterocycles. The molecule has 1 saturated heterocycles. The smallest absolute Gasteiger partial charge is 0.331 e. The monoisotopic (exact) mass is 534 g/mol. The number of phenolic OH excluding ortho intramolecular Hbond substituents is 1. The number of carbonyl (C=O) groups is 4. The lowest BCUT2D eigenvalue weighted by molar-refractivity contribution is -0.160. The van der Waals surface area contributed by atoms with Crippen LogP contribution in [0, 0.1) is 0 Å². The van der Waals surface area contributed by atoms with Crippen molar-refractivity contribution >= 4 is 41.1 Å². The fraction of sp³-hybridized carbons (Fsp3) is 0.261. The number of phenols is 1. The number of ether oxygens (including phenoxy) is 1. The molecule has 7 N–H and O–H groups in total. The normalized spacial score (nSPS) is 16.9. The predicted molar refractivity (Wildman–Crippen MR) is 128 cm³/mol. The Labute approximate surface area is 214 Å². The Kier molecular flexibility index (Phi) is 8.52. The second-order valence-electron chi connectivity index (χ2n) is 8.02. The van der Waals surface area contributed by atoms with E-state index in [0.717, 1.165) is 4.90 Å². The molecule has 3 rings (SSSR count). The third-order valence-corrected chi connectivity index (χ3v) is 5.86. The number of hydrogen-bond donors (Lipinski definition) is 6. The van der Waals surface area contributed by atoms with E-state index in [1.807, 2.05) is 0 Å². The van der Waals surface area contributed by atoms with Gasteiger partial charge in [0, 0.05) is 12.0 Å². The maximum absolute atomic E-state index is 12.7. The van der Waals surface area contributed by atoms with Crippen LogP contribution in [0.2, 0.25) is 5.02 Å². The zero-order valence-electron chi connectivity index (χ0n) is 19.1. The quantitative estimate of drug-likeness (QED) is 0.102. The van der Waals surface area contributed by atoms with E-state index < -0.39 is 47.6 Å². The maximum atomic E-state index is 12.7. The van der Waals surface area contributed by atoms with E-state index in [0.29, 0.717) is 5.75 Å². The number of carboxylic acids is 2. The number of oxime groups is 1. The van der Waals surface area contributed by atoms with E-state index in [9.17, 15) is 34.6 Å². The average Bonchev–Trinajstić information content (AvgIpc) is 2.86. The summed E-state index contributed by atoms with van der Waals surface area (Å²) in [5, 5.41) is 42.7. The SMILES string of the molecule is NC(CCOc1ccc(C(=NO)C(=O)NC2CN(C(C(=O)O)c3ccc(O)c(Cl)c3)C2=O)cc1)C(=O)O. The lowest BCUT2D eigenvalue weighted by atomic mass is 9.97. The summed E-state index contributed by atoms with van der Waals surface area (Å²) in [6, 6.07) is 6.04. The Morgan fingerprint density at radius 3 is 2.38 bits per heavy atom. The number of carbonyl (C=O) groups excluding carboxylic acids is 2. The molecule has 196 valence electrons. The van der Waals surface area contributed by atoms with E-state index in [-0.39, 0.29) is 41.5 Å². The van der Waals surface area contributed by atoms with E-state index >= 15 is 0 Å². The minimum atomic E-state index is -1.39. The first-order valence-electron chi connectivity index (χ1n) is 10.8. The molecule has 0 aromatic heterocycles. The summed E-state index contributed by atoms with van der Waals surface area (Å²) >= 11 is 5.86. The predicted octanol–water partition coefficient (Wildman–Crippen LogP) is 0.558. The van der Waals surface area contributed by atoms with E-state index in [4.69, 9.17) is 27.2 Å². The number of amides is 2. The van der Waals surface area contributed by atoms with Gasteiger partial charge in [0.05, 0.1) is 18.2 Å². The summed E-state index contributed by atoms with van der Waals surface area (Å²) in [5.74, 6) is -3.91. The first kappa shape index (κ1) is 27.2. The zero-order chi connectivity index (χ0) is 27.3. The molecule has 2 aromatic rings. The number of carboxylic acid groups (broad SMARTS) is 2. The van der Waals surface area contributed by atoms with Gasteiger partial charge in [-0.2, -0.15) is 0 Å². The van der Waals surface area contributed by atoms with E-state index in [1.165, 1.54) is 42.5 Å². The van der Waals surface area contributed by atoms with Crippen LogP contribution in [0.3, 0.4) is 0 Å². The van der Waals surface area contributed by atoms with Crippen LogP contribution < -0.4 is 15.8 Å². The van der Waals surface area contributed by atoms with Crippen molar-refractivity contribution in [3.05, 3.63) is 58.6 Å². The number of hydrogen-bond acceptors (Lipinski definition) is 9. The van der Waals surface area contributed by atoms with Gasteiger partial charge in [0.15, 0.2) is 11.8 Å². The van der Waals surface area contributed by atoms with Crippen LogP contribution in [0.5, 0.6) is 11.5 Å². The zero-order valence-corrected chi connectivity index (χ0v) is 19.8. The van der Waals surface area contributed by atoms with Crippen molar-refractivity contribution in [1.82, 2.24) is 10.2 Å². The van der Waals surface area contributed by atoms with Gasteiger partial charge in [0.1, 0.15) is 23.6 Å². The molecule has 3 atom stereocenters.